The van der Waals surface area contributed by atoms with Crippen LogP contribution in [0.25, 0.3) is 11.0 Å². The fraction of sp³-hybridized carbons (Fsp3) is 0.167. The zero-order valence-corrected chi connectivity index (χ0v) is 9.81. The van der Waals surface area contributed by atoms with Crippen LogP contribution < -0.4 is 16.1 Å². The Bertz CT molecular complexity index is 702. The monoisotopic (exact) mass is 249 g/mol. The molecule has 0 aliphatic rings. The Labute approximate surface area is 102 Å². The summed E-state index contributed by atoms with van der Waals surface area (Å²) >= 11 is 0. The third-order valence-electron chi connectivity index (χ3n) is 2.60. The Morgan fingerprint density at radius 2 is 2.11 bits per heavy atom. The Morgan fingerprint density at radius 3 is 2.67 bits per heavy atom. The van der Waals surface area contributed by atoms with Gasteiger partial charge in [-0.15, -0.1) is 0 Å². The minimum absolute atomic E-state index is 0.0204. The van der Waals surface area contributed by atoms with E-state index >= 15 is 0 Å². The molecule has 3 N–H and O–H groups in total. The van der Waals surface area contributed by atoms with E-state index in [1.54, 1.807) is 0 Å². The maximum absolute atomic E-state index is 11.6. The van der Waals surface area contributed by atoms with E-state index in [4.69, 9.17) is 14.9 Å². The second-order valence-corrected chi connectivity index (χ2v) is 3.75. The van der Waals surface area contributed by atoms with Gasteiger partial charge < -0.3 is 20.0 Å². The number of fused-ring (bicyclic) bond motifs is 1. The molecule has 0 aliphatic carbocycles. The molecule has 6 heteroatoms. The number of ether oxygens (including phenoxy) is 1. The molecule has 0 amide bonds. The van der Waals surface area contributed by atoms with Crippen LogP contribution in [0.2, 0.25) is 0 Å². The molecule has 18 heavy (non-hydrogen) atoms. The molecule has 1 aromatic carbocycles. The van der Waals surface area contributed by atoms with Gasteiger partial charge in [0.15, 0.2) is 17.3 Å². The van der Waals surface area contributed by atoms with Crippen molar-refractivity contribution in [2.24, 2.45) is 0 Å². The fourth-order valence-electron chi connectivity index (χ4n) is 1.74. The number of phenols is 1. The zero-order valence-electron chi connectivity index (χ0n) is 9.81. The topological polar surface area (TPSA) is 103 Å². The van der Waals surface area contributed by atoms with Crippen LogP contribution in [-0.4, -0.2) is 18.0 Å². The lowest BCUT2D eigenvalue weighted by Gasteiger charge is -2.08. The number of hydrogen-bond acceptors (Lipinski definition) is 6. The molecule has 0 bridgehead atoms. The molecule has 94 valence electrons. The Hall–Kier alpha value is -2.50. The molecule has 0 saturated carbocycles. The second-order valence-electron chi connectivity index (χ2n) is 3.75. The number of benzene rings is 1. The second kappa shape index (κ2) is 4.06. The third kappa shape index (κ3) is 1.67. The molecule has 0 radical (unpaired) electrons. The highest BCUT2D eigenvalue weighted by Crippen LogP contribution is 2.33. The van der Waals surface area contributed by atoms with Crippen LogP contribution in [-0.2, 0) is 0 Å². The van der Waals surface area contributed by atoms with Gasteiger partial charge in [-0.25, -0.2) is 4.79 Å². The number of phenolic OH excluding ortho intramolecular Hbond substituents is 1. The van der Waals surface area contributed by atoms with Gasteiger partial charge in [-0.1, -0.05) is 0 Å². The number of rotatable bonds is 2. The molecule has 0 unspecified atom stereocenters. The van der Waals surface area contributed by atoms with Gasteiger partial charge in [0.05, 0.1) is 12.8 Å². The van der Waals surface area contributed by atoms with Crippen molar-refractivity contribution in [1.29, 1.82) is 0 Å². The zero-order chi connectivity index (χ0) is 13.4. The van der Waals surface area contributed by atoms with Crippen LogP contribution in [0.4, 0.5) is 5.69 Å². The highest BCUT2D eigenvalue weighted by molar-refractivity contribution is 6.05. The van der Waals surface area contributed by atoms with Crippen molar-refractivity contribution in [3.8, 4) is 11.5 Å². The summed E-state index contributed by atoms with van der Waals surface area (Å²) < 4.78 is 9.87. The average Bonchev–Trinajstić information content (AvgIpc) is 2.27. The van der Waals surface area contributed by atoms with E-state index in [1.165, 1.54) is 26.2 Å². The molecule has 2 aromatic rings. The summed E-state index contributed by atoms with van der Waals surface area (Å²) in [4.78, 5) is 22.9. The minimum Gasteiger partial charge on any atom is -0.504 e. The highest BCUT2D eigenvalue weighted by atomic mass is 16.5. The highest BCUT2D eigenvalue weighted by Gasteiger charge is 2.17. The summed E-state index contributed by atoms with van der Waals surface area (Å²) in [5.74, 6) is -0.476. The van der Waals surface area contributed by atoms with Crippen molar-refractivity contribution >= 4 is 22.4 Å². The summed E-state index contributed by atoms with van der Waals surface area (Å²) in [7, 11) is 1.38. The van der Waals surface area contributed by atoms with Gasteiger partial charge in [0.1, 0.15) is 11.1 Å². The number of Topliss-reactive ketones (excluding diaryl/α,β-unsaturated/α-hetero) is 1. The number of aromatic hydroxyl groups is 1. The normalized spacial score (nSPS) is 10.6. The number of nitrogens with two attached hydrogens (primary N) is 1. The summed E-state index contributed by atoms with van der Waals surface area (Å²) in [6.45, 7) is 1.23. The number of hydrogen-bond donors (Lipinski definition) is 2. The molecule has 1 aromatic heterocycles. The first-order valence-corrected chi connectivity index (χ1v) is 5.10. The summed E-state index contributed by atoms with van der Waals surface area (Å²) in [6.07, 6.45) is 0. The van der Waals surface area contributed by atoms with Crippen LogP contribution in [0.1, 0.15) is 17.3 Å². The predicted molar refractivity (Wildman–Crippen MR) is 65.1 cm³/mol. The lowest BCUT2D eigenvalue weighted by molar-refractivity contribution is 0.101. The van der Waals surface area contributed by atoms with Crippen molar-refractivity contribution in [2.45, 2.75) is 6.92 Å². The van der Waals surface area contributed by atoms with Gasteiger partial charge in [0.2, 0.25) is 0 Å². The largest absolute Gasteiger partial charge is 0.504 e. The van der Waals surface area contributed by atoms with E-state index < -0.39 is 11.4 Å². The van der Waals surface area contributed by atoms with Crippen LogP contribution in [0.5, 0.6) is 11.5 Å². The fourth-order valence-corrected chi connectivity index (χ4v) is 1.74. The van der Waals surface area contributed by atoms with E-state index in [9.17, 15) is 14.7 Å². The maximum Gasteiger partial charge on any atom is 0.349 e. The van der Waals surface area contributed by atoms with Crippen molar-refractivity contribution in [3.05, 3.63) is 28.1 Å². The standard InChI is InChI=1S/C12H11NO5/c1-5(14)10-11(13)6-3-9(17-2)7(15)4-8(6)18-12(10)16/h3-4,15H,13H2,1-2H3. The molecule has 0 atom stereocenters. The van der Waals surface area contributed by atoms with E-state index in [1.807, 2.05) is 0 Å². The Morgan fingerprint density at radius 1 is 1.44 bits per heavy atom. The van der Waals surface area contributed by atoms with Crippen molar-refractivity contribution < 1.29 is 19.1 Å². The van der Waals surface area contributed by atoms with Crippen LogP contribution >= 0.6 is 0 Å². The van der Waals surface area contributed by atoms with Gasteiger partial charge in [0, 0.05) is 11.5 Å². The quantitative estimate of drug-likeness (QED) is 0.614. The minimum atomic E-state index is -0.822. The first-order chi connectivity index (χ1) is 8.45. The Balaban J connectivity index is 2.93. The van der Waals surface area contributed by atoms with E-state index in [2.05, 4.69) is 0 Å². The van der Waals surface area contributed by atoms with Gasteiger partial charge in [0.25, 0.3) is 0 Å². The van der Waals surface area contributed by atoms with Gasteiger partial charge in [-0.3, -0.25) is 4.79 Å². The van der Waals surface area contributed by atoms with Gasteiger partial charge >= 0.3 is 5.63 Å². The number of ketones is 1. The van der Waals surface area contributed by atoms with Gasteiger partial charge in [-0.2, -0.15) is 0 Å². The summed E-state index contributed by atoms with van der Waals surface area (Å²) in [6, 6.07) is 2.63. The number of methoxy groups -OCH3 is 1. The molecular weight excluding hydrogens is 238 g/mol. The van der Waals surface area contributed by atoms with Crippen molar-refractivity contribution in [2.75, 3.05) is 12.8 Å². The molecule has 2 rings (SSSR count). The molecule has 0 aliphatic heterocycles. The SMILES string of the molecule is COc1cc2c(N)c(C(C)=O)c(=O)oc2cc1O. The van der Waals surface area contributed by atoms with Crippen LogP contribution in [0, 0.1) is 0 Å². The lowest BCUT2D eigenvalue weighted by atomic mass is 10.1. The maximum atomic E-state index is 11.6. The Kier molecular flexibility index (Phi) is 2.70. The lowest BCUT2D eigenvalue weighted by Crippen LogP contribution is -2.15. The molecule has 6 nitrogen and oxygen atoms in total. The van der Waals surface area contributed by atoms with E-state index in [0.29, 0.717) is 5.39 Å². The predicted octanol–water partition coefficient (Wildman–Crippen LogP) is 1.29. The first-order valence-electron chi connectivity index (χ1n) is 5.10. The van der Waals surface area contributed by atoms with E-state index in [-0.39, 0.29) is 28.3 Å². The number of anilines is 1. The van der Waals surface area contributed by atoms with Crippen molar-refractivity contribution in [3.63, 3.8) is 0 Å². The number of nitrogen functional groups attached to an aromatic ring is 1. The summed E-state index contributed by atoms with van der Waals surface area (Å²) in [5, 5.41) is 9.92. The molecule has 0 saturated heterocycles. The first kappa shape index (κ1) is 12.0. The van der Waals surface area contributed by atoms with Crippen LogP contribution in [0.3, 0.4) is 0 Å². The molecule has 1 heterocycles. The molecule has 0 fully saturated rings. The summed E-state index contributed by atoms with van der Waals surface area (Å²) in [5.41, 5.74) is 4.87. The molecule has 0 spiro atoms. The van der Waals surface area contributed by atoms with Crippen LogP contribution in [0.15, 0.2) is 21.3 Å². The average molecular weight is 249 g/mol. The van der Waals surface area contributed by atoms with Crippen molar-refractivity contribution in [1.82, 2.24) is 0 Å². The van der Waals surface area contributed by atoms with Gasteiger partial charge in [-0.05, 0) is 13.0 Å². The number of carbonyl (C=O) groups excluding carboxylic acids is 1. The number of carbonyl (C=O) groups is 1. The molecular formula is C12H11NO5. The van der Waals surface area contributed by atoms with E-state index in [0.717, 1.165) is 0 Å². The smallest absolute Gasteiger partial charge is 0.349 e. The third-order valence-corrected chi connectivity index (χ3v) is 2.60.